The molecule has 1 atom stereocenters. The Kier molecular flexibility index (Phi) is 2.70. The van der Waals surface area contributed by atoms with E-state index >= 15 is 0 Å². The number of hydrogen-bond donors (Lipinski definition) is 0. The van der Waals surface area contributed by atoms with Crippen molar-refractivity contribution in [2.75, 3.05) is 25.1 Å². The maximum absolute atomic E-state index is 12.1. The molecule has 0 radical (unpaired) electrons. The molecule has 1 unspecified atom stereocenters. The molecule has 0 N–H and O–H groups in total. The summed E-state index contributed by atoms with van der Waals surface area (Å²) in [6.07, 6.45) is -4.05. The lowest BCUT2D eigenvalue weighted by molar-refractivity contribution is -0.174. The summed E-state index contributed by atoms with van der Waals surface area (Å²) in [5.41, 5.74) is 0. The van der Waals surface area contributed by atoms with Crippen molar-refractivity contribution < 1.29 is 13.2 Å². The van der Waals surface area contributed by atoms with Crippen LogP contribution in [0.15, 0.2) is 0 Å². The van der Waals surface area contributed by atoms with E-state index in [1.165, 1.54) is 23.7 Å². The molecule has 0 spiro atoms. The van der Waals surface area contributed by atoms with E-state index in [0.717, 1.165) is 5.75 Å². The highest BCUT2D eigenvalue weighted by molar-refractivity contribution is 7.99. The topological polar surface area (TPSA) is 3.24 Å². The molecule has 0 amide bonds. The van der Waals surface area contributed by atoms with Crippen molar-refractivity contribution in [2.45, 2.75) is 12.2 Å². The largest absolute Gasteiger partial charge is 0.404 e. The maximum Gasteiger partial charge on any atom is 0.404 e. The second kappa shape index (κ2) is 3.23. The highest BCUT2D eigenvalue weighted by atomic mass is 32.2. The fourth-order valence-electron chi connectivity index (χ4n) is 1.03. The number of rotatable bonds is 0. The summed E-state index contributed by atoms with van der Waals surface area (Å²) in [4.78, 5) is 1.37. The van der Waals surface area contributed by atoms with Gasteiger partial charge in [0.05, 0.1) is 0 Å². The van der Waals surface area contributed by atoms with Gasteiger partial charge in [-0.3, -0.25) is 4.90 Å². The van der Waals surface area contributed by atoms with Gasteiger partial charge in [-0.1, -0.05) is 0 Å². The first-order valence-electron chi connectivity index (χ1n) is 3.36. The van der Waals surface area contributed by atoms with Gasteiger partial charge in [0.25, 0.3) is 0 Å². The summed E-state index contributed by atoms with van der Waals surface area (Å²) in [6, 6.07) is -1.23. The van der Waals surface area contributed by atoms with E-state index in [4.69, 9.17) is 0 Å². The van der Waals surface area contributed by atoms with Crippen LogP contribution in [-0.2, 0) is 0 Å². The predicted molar refractivity (Wildman–Crippen MR) is 39.8 cm³/mol. The Morgan fingerprint density at radius 1 is 1.45 bits per heavy atom. The molecule has 0 aromatic heterocycles. The molecule has 1 aliphatic rings. The molecule has 1 fully saturated rings. The van der Waals surface area contributed by atoms with Gasteiger partial charge in [-0.05, 0) is 7.05 Å². The summed E-state index contributed by atoms with van der Waals surface area (Å²) in [7, 11) is 1.53. The Labute approximate surface area is 67.9 Å². The summed E-state index contributed by atoms with van der Waals surface area (Å²) in [5.74, 6) is 0.989. The standard InChI is InChI=1S/C6H10F3NS/c1-10-2-3-11-4-5(10)6(7,8)9/h5H,2-4H2,1H3. The van der Waals surface area contributed by atoms with Gasteiger partial charge in [0.15, 0.2) is 0 Å². The van der Waals surface area contributed by atoms with Crippen LogP contribution in [0.4, 0.5) is 13.2 Å². The number of alkyl halides is 3. The quantitative estimate of drug-likeness (QED) is 0.564. The maximum atomic E-state index is 12.1. The molecule has 0 aromatic rings. The predicted octanol–water partition coefficient (Wildman–Crippen LogP) is 1.60. The van der Waals surface area contributed by atoms with Crippen molar-refractivity contribution in [3.8, 4) is 0 Å². The van der Waals surface area contributed by atoms with Crippen LogP contribution in [0.2, 0.25) is 0 Å². The summed E-state index contributed by atoms with van der Waals surface area (Å²) < 4.78 is 36.4. The average molecular weight is 185 g/mol. The van der Waals surface area contributed by atoms with E-state index < -0.39 is 12.2 Å². The Balaban J connectivity index is 2.55. The summed E-state index contributed by atoms with van der Waals surface area (Å²) in [6.45, 7) is 0.537. The highest BCUT2D eigenvalue weighted by Gasteiger charge is 2.43. The van der Waals surface area contributed by atoms with Crippen molar-refractivity contribution in [1.29, 1.82) is 0 Å². The van der Waals surface area contributed by atoms with Crippen LogP contribution in [-0.4, -0.2) is 42.2 Å². The van der Waals surface area contributed by atoms with Crippen molar-refractivity contribution in [2.24, 2.45) is 0 Å². The van der Waals surface area contributed by atoms with Crippen molar-refractivity contribution in [1.82, 2.24) is 4.90 Å². The molecule has 1 heterocycles. The summed E-state index contributed by atoms with van der Waals surface area (Å²) >= 11 is 1.37. The van der Waals surface area contributed by atoms with Gasteiger partial charge in [-0.25, -0.2) is 0 Å². The van der Waals surface area contributed by atoms with Crippen molar-refractivity contribution in [3.63, 3.8) is 0 Å². The van der Waals surface area contributed by atoms with E-state index in [1.54, 1.807) is 0 Å². The molecule has 1 rings (SSSR count). The Morgan fingerprint density at radius 3 is 2.45 bits per heavy atom. The fourth-order valence-corrected chi connectivity index (χ4v) is 2.28. The molecule has 5 heteroatoms. The van der Waals surface area contributed by atoms with Crippen molar-refractivity contribution in [3.05, 3.63) is 0 Å². The number of hydrogen-bond acceptors (Lipinski definition) is 2. The monoisotopic (exact) mass is 185 g/mol. The minimum atomic E-state index is -4.05. The number of halogens is 3. The van der Waals surface area contributed by atoms with Gasteiger partial charge in [0, 0.05) is 18.1 Å². The first-order chi connectivity index (χ1) is 5.02. The van der Waals surface area contributed by atoms with Crippen LogP contribution in [0.5, 0.6) is 0 Å². The average Bonchev–Trinajstić information content (AvgIpc) is 1.86. The van der Waals surface area contributed by atoms with E-state index in [-0.39, 0.29) is 5.75 Å². The van der Waals surface area contributed by atoms with Gasteiger partial charge >= 0.3 is 6.18 Å². The summed E-state index contributed by atoms with van der Waals surface area (Å²) in [5, 5.41) is 0. The van der Waals surface area contributed by atoms with Gasteiger partial charge in [-0.2, -0.15) is 24.9 Å². The SMILES string of the molecule is CN1CCSCC1C(F)(F)F. The highest BCUT2D eigenvalue weighted by Crippen LogP contribution is 2.29. The Bertz CT molecular complexity index is 136. The minimum Gasteiger partial charge on any atom is -0.294 e. The smallest absolute Gasteiger partial charge is 0.294 e. The first-order valence-corrected chi connectivity index (χ1v) is 4.52. The first kappa shape index (κ1) is 9.19. The minimum absolute atomic E-state index is 0.181. The van der Waals surface area contributed by atoms with Crippen LogP contribution < -0.4 is 0 Å². The van der Waals surface area contributed by atoms with E-state index in [2.05, 4.69) is 0 Å². The van der Waals surface area contributed by atoms with Crippen LogP contribution in [0.3, 0.4) is 0 Å². The molecule has 0 aliphatic carbocycles. The van der Waals surface area contributed by atoms with E-state index in [1.807, 2.05) is 0 Å². The molecule has 0 aromatic carbocycles. The molecular weight excluding hydrogens is 175 g/mol. The third-order valence-corrected chi connectivity index (χ3v) is 2.80. The van der Waals surface area contributed by atoms with Crippen LogP contribution in [0.1, 0.15) is 0 Å². The van der Waals surface area contributed by atoms with Crippen molar-refractivity contribution >= 4 is 11.8 Å². The number of nitrogens with zero attached hydrogens (tertiary/aromatic N) is 1. The fraction of sp³-hybridized carbons (Fsp3) is 1.00. The zero-order valence-electron chi connectivity index (χ0n) is 6.19. The third-order valence-electron chi connectivity index (χ3n) is 1.77. The van der Waals surface area contributed by atoms with Gasteiger partial charge in [0.1, 0.15) is 6.04 Å². The lowest BCUT2D eigenvalue weighted by Crippen LogP contribution is -2.48. The molecule has 1 saturated heterocycles. The van der Waals surface area contributed by atoms with E-state index in [9.17, 15) is 13.2 Å². The molecule has 0 saturated carbocycles. The molecule has 1 aliphatic heterocycles. The second-order valence-electron chi connectivity index (χ2n) is 2.61. The second-order valence-corrected chi connectivity index (χ2v) is 3.76. The van der Waals surface area contributed by atoms with Gasteiger partial charge < -0.3 is 0 Å². The zero-order valence-corrected chi connectivity index (χ0v) is 7.00. The number of thioether (sulfide) groups is 1. The molecule has 1 nitrogen and oxygen atoms in total. The molecule has 0 bridgehead atoms. The van der Waals surface area contributed by atoms with Crippen LogP contribution in [0.25, 0.3) is 0 Å². The molecule has 66 valence electrons. The van der Waals surface area contributed by atoms with Gasteiger partial charge in [0.2, 0.25) is 0 Å². The lowest BCUT2D eigenvalue weighted by atomic mass is 10.3. The van der Waals surface area contributed by atoms with Crippen LogP contribution in [0, 0.1) is 0 Å². The third kappa shape index (κ3) is 2.27. The lowest BCUT2D eigenvalue weighted by Gasteiger charge is -2.33. The zero-order chi connectivity index (χ0) is 8.48. The Morgan fingerprint density at radius 2 is 2.09 bits per heavy atom. The van der Waals surface area contributed by atoms with E-state index in [0.29, 0.717) is 6.54 Å². The molecule has 11 heavy (non-hydrogen) atoms. The Hall–Kier alpha value is 0.100. The van der Waals surface area contributed by atoms with Gasteiger partial charge in [-0.15, -0.1) is 0 Å². The normalized spacial score (nSPS) is 28.9. The van der Waals surface area contributed by atoms with Crippen LogP contribution >= 0.6 is 11.8 Å². The molecular formula is C6H10F3NS.